The molecule has 0 radical (unpaired) electrons. The second-order valence-electron chi connectivity index (χ2n) is 4.26. The third kappa shape index (κ3) is 3.65. The number of nitrogens with one attached hydrogen (secondary N) is 1. The highest BCUT2D eigenvalue weighted by Crippen LogP contribution is 2.31. The number of hydrogen-bond acceptors (Lipinski definition) is 6. The summed E-state index contributed by atoms with van der Waals surface area (Å²) in [7, 11) is 0. The van der Waals surface area contributed by atoms with Crippen LogP contribution in [-0.2, 0) is 6.42 Å². The molecule has 0 bridgehead atoms. The molecule has 1 aromatic carbocycles. The van der Waals surface area contributed by atoms with Gasteiger partial charge in [0.2, 0.25) is 17.6 Å². The minimum Gasteiger partial charge on any atom is -0.432 e. The summed E-state index contributed by atoms with van der Waals surface area (Å²) in [4.78, 5) is 18.8. The maximum Gasteiger partial charge on any atom is 0.311 e. The zero-order chi connectivity index (χ0) is 15.2. The highest BCUT2D eigenvalue weighted by Gasteiger charge is 2.17. The fourth-order valence-corrected chi connectivity index (χ4v) is 1.77. The van der Waals surface area contributed by atoms with E-state index in [1.807, 2.05) is 13.8 Å². The molecule has 0 aliphatic rings. The molecular formula is C14H16N4O3. The molecule has 110 valence electrons. The highest BCUT2D eigenvalue weighted by atomic mass is 16.6. The highest BCUT2D eigenvalue weighted by molar-refractivity contribution is 5.50. The van der Waals surface area contributed by atoms with Crippen LogP contribution in [0.4, 0.5) is 11.6 Å². The second kappa shape index (κ2) is 6.65. The molecule has 7 heteroatoms. The van der Waals surface area contributed by atoms with Gasteiger partial charge in [-0.3, -0.25) is 10.1 Å². The van der Waals surface area contributed by atoms with Gasteiger partial charge in [0.15, 0.2) is 0 Å². The van der Waals surface area contributed by atoms with Gasteiger partial charge in [0.1, 0.15) is 0 Å². The number of benzene rings is 1. The minimum absolute atomic E-state index is 0.0713. The lowest BCUT2D eigenvalue weighted by molar-refractivity contribution is -0.385. The van der Waals surface area contributed by atoms with Crippen LogP contribution >= 0.6 is 0 Å². The quantitative estimate of drug-likeness (QED) is 0.648. The molecule has 1 N–H and O–H groups in total. The Hall–Kier alpha value is -2.70. The SMILES string of the molecule is CCNc1nccc(Oc2ccc(CC)cc2[N+](=O)[O-])n1. The molecule has 1 aromatic heterocycles. The summed E-state index contributed by atoms with van der Waals surface area (Å²) >= 11 is 0. The maximum atomic E-state index is 11.1. The predicted molar refractivity (Wildman–Crippen MR) is 78.7 cm³/mol. The lowest BCUT2D eigenvalue weighted by Gasteiger charge is -2.08. The first kappa shape index (κ1) is 14.7. The molecule has 0 atom stereocenters. The van der Waals surface area contributed by atoms with E-state index >= 15 is 0 Å². The first-order chi connectivity index (χ1) is 10.1. The van der Waals surface area contributed by atoms with Crippen molar-refractivity contribution in [1.29, 1.82) is 0 Å². The molecule has 1 heterocycles. The number of hydrogen-bond donors (Lipinski definition) is 1. The van der Waals surface area contributed by atoms with Crippen molar-refractivity contribution in [2.45, 2.75) is 20.3 Å². The molecule has 0 aliphatic carbocycles. The van der Waals surface area contributed by atoms with Crippen molar-refractivity contribution in [3.05, 3.63) is 46.1 Å². The zero-order valence-electron chi connectivity index (χ0n) is 11.9. The summed E-state index contributed by atoms with van der Waals surface area (Å²) in [5.74, 6) is 0.842. The van der Waals surface area contributed by atoms with Crippen molar-refractivity contribution in [2.24, 2.45) is 0 Å². The summed E-state index contributed by atoms with van der Waals surface area (Å²) in [6, 6.07) is 6.46. The number of anilines is 1. The van der Waals surface area contributed by atoms with Gasteiger partial charge in [-0.05, 0) is 25.0 Å². The minimum atomic E-state index is -0.457. The van der Waals surface area contributed by atoms with Gasteiger partial charge in [-0.2, -0.15) is 4.98 Å². The lowest BCUT2D eigenvalue weighted by Crippen LogP contribution is -2.02. The lowest BCUT2D eigenvalue weighted by atomic mass is 10.1. The zero-order valence-corrected chi connectivity index (χ0v) is 11.9. The van der Waals surface area contributed by atoms with E-state index in [9.17, 15) is 10.1 Å². The van der Waals surface area contributed by atoms with Gasteiger partial charge in [-0.15, -0.1) is 0 Å². The molecule has 0 aliphatic heterocycles. The van der Waals surface area contributed by atoms with E-state index in [0.717, 1.165) is 12.0 Å². The first-order valence-electron chi connectivity index (χ1n) is 6.66. The van der Waals surface area contributed by atoms with Crippen LogP contribution in [-0.4, -0.2) is 21.4 Å². The van der Waals surface area contributed by atoms with Gasteiger partial charge in [0.05, 0.1) is 4.92 Å². The molecule has 0 spiro atoms. The van der Waals surface area contributed by atoms with Crippen LogP contribution in [0.1, 0.15) is 19.4 Å². The van der Waals surface area contributed by atoms with Crippen LogP contribution in [0.25, 0.3) is 0 Å². The number of aryl methyl sites for hydroxylation is 1. The molecule has 2 rings (SSSR count). The normalized spacial score (nSPS) is 10.2. The van der Waals surface area contributed by atoms with E-state index in [4.69, 9.17) is 4.74 Å². The van der Waals surface area contributed by atoms with E-state index in [0.29, 0.717) is 12.5 Å². The molecular weight excluding hydrogens is 272 g/mol. The molecule has 0 amide bonds. The van der Waals surface area contributed by atoms with Crippen molar-refractivity contribution >= 4 is 11.6 Å². The summed E-state index contributed by atoms with van der Waals surface area (Å²) in [6.07, 6.45) is 2.26. The van der Waals surface area contributed by atoms with Crippen LogP contribution < -0.4 is 10.1 Å². The number of nitrogens with zero attached hydrogens (tertiary/aromatic N) is 3. The second-order valence-corrected chi connectivity index (χ2v) is 4.26. The van der Waals surface area contributed by atoms with Crippen LogP contribution in [0, 0.1) is 10.1 Å². The molecule has 0 saturated carbocycles. The summed E-state index contributed by atoms with van der Waals surface area (Å²) in [5.41, 5.74) is 0.808. The maximum absolute atomic E-state index is 11.1. The van der Waals surface area contributed by atoms with Gasteiger partial charge in [0.25, 0.3) is 0 Å². The van der Waals surface area contributed by atoms with Crippen LogP contribution in [0.2, 0.25) is 0 Å². The number of rotatable bonds is 6. The van der Waals surface area contributed by atoms with Gasteiger partial charge >= 0.3 is 5.69 Å². The smallest absolute Gasteiger partial charge is 0.311 e. The Labute approximate surface area is 122 Å². The number of nitro groups is 1. The molecule has 2 aromatic rings. The third-order valence-electron chi connectivity index (χ3n) is 2.81. The predicted octanol–water partition coefficient (Wildman–Crippen LogP) is 3.17. The summed E-state index contributed by atoms with van der Waals surface area (Å²) < 4.78 is 5.52. The van der Waals surface area contributed by atoms with E-state index < -0.39 is 4.92 Å². The molecule has 0 fully saturated rings. The third-order valence-corrected chi connectivity index (χ3v) is 2.81. The van der Waals surface area contributed by atoms with E-state index in [-0.39, 0.29) is 17.3 Å². The summed E-state index contributed by atoms with van der Waals surface area (Å²) in [5, 5.41) is 14.1. The fraction of sp³-hybridized carbons (Fsp3) is 0.286. The number of nitro benzene ring substituents is 1. The Morgan fingerprint density at radius 2 is 2.14 bits per heavy atom. The molecule has 0 unspecified atom stereocenters. The Balaban J connectivity index is 2.30. The van der Waals surface area contributed by atoms with Crippen LogP contribution in [0.15, 0.2) is 30.5 Å². The number of aromatic nitrogens is 2. The van der Waals surface area contributed by atoms with Crippen molar-refractivity contribution in [3.63, 3.8) is 0 Å². The van der Waals surface area contributed by atoms with Crippen molar-refractivity contribution in [3.8, 4) is 11.6 Å². The molecule has 21 heavy (non-hydrogen) atoms. The standard InChI is InChI=1S/C14H16N4O3/c1-3-10-5-6-12(11(9-10)18(19)20)21-13-7-8-16-14(17-13)15-4-2/h5-9H,3-4H2,1-2H3,(H,15,16,17). The first-order valence-corrected chi connectivity index (χ1v) is 6.66. The Morgan fingerprint density at radius 1 is 1.33 bits per heavy atom. The van der Waals surface area contributed by atoms with E-state index in [1.165, 1.54) is 12.3 Å². The number of ether oxygens (including phenoxy) is 1. The van der Waals surface area contributed by atoms with Crippen LogP contribution in [0.3, 0.4) is 0 Å². The average molecular weight is 288 g/mol. The fourth-order valence-electron chi connectivity index (χ4n) is 1.77. The van der Waals surface area contributed by atoms with Gasteiger partial charge in [0, 0.05) is 24.9 Å². The largest absolute Gasteiger partial charge is 0.432 e. The molecule has 0 saturated heterocycles. The van der Waals surface area contributed by atoms with Gasteiger partial charge in [-0.1, -0.05) is 13.0 Å². The van der Waals surface area contributed by atoms with Gasteiger partial charge < -0.3 is 10.1 Å². The topological polar surface area (TPSA) is 90.2 Å². The van der Waals surface area contributed by atoms with Crippen LogP contribution in [0.5, 0.6) is 11.6 Å². The summed E-state index contributed by atoms with van der Waals surface area (Å²) in [6.45, 7) is 4.53. The van der Waals surface area contributed by atoms with Crippen molar-refractivity contribution < 1.29 is 9.66 Å². The van der Waals surface area contributed by atoms with E-state index in [1.54, 1.807) is 18.2 Å². The molecule has 7 nitrogen and oxygen atoms in total. The average Bonchev–Trinajstić information content (AvgIpc) is 2.48. The van der Waals surface area contributed by atoms with Gasteiger partial charge in [-0.25, -0.2) is 4.98 Å². The monoisotopic (exact) mass is 288 g/mol. The Kier molecular flexibility index (Phi) is 4.65. The Morgan fingerprint density at radius 3 is 2.81 bits per heavy atom. The van der Waals surface area contributed by atoms with Crippen molar-refractivity contribution in [2.75, 3.05) is 11.9 Å². The van der Waals surface area contributed by atoms with E-state index in [2.05, 4.69) is 15.3 Å². The van der Waals surface area contributed by atoms with Crippen molar-refractivity contribution in [1.82, 2.24) is 9.97 Å². The Bertz CT molecular complexity index is 646.